The highest BCUT2D eigenvalue weighted by Gasteiger charge is 2.28. The van der Waals surface area contributed by atoms with Crippen LogP contribution in [0, 0.1) is 0 Å². The summed E-state index contributed by atoms with van der Waals surface area (Å²) in [5, 5.41) is 5.25. The predicted octanol–water partition coefficient (Wildman–Crippen LogP) is 0.962. The van der Waals surface area contributed by atoms with E-state index in [9.17, 15) is 14.0 Å². The highest BCUT2D eigenvalue weighted by Crippen LogP contribution is 2.10. The Morgan fingerprint density at radius 3 is 2.68 bits per heavy atom. The maximum atomic E-state index is 12.4. The molecule has 0 saturated carbocycles. The van der Waals surface area contributed by atoms with E-state index in [0.29, 0.717) is 12.8 Å². The Balaban J connectivity index is 1.84. The lowest BCUT2D eigenvalue weighted by atomic mass is 10.0. The number of amides is 2. The van der Waals surface area contributed by atoms with Crippen LogP contribution in [0.2, 0.25) is 0 Å². The second-order valence-electron chi connectivity index (χ2n) is 4.72. The SMILES string of the molecule is O=C(Cc1ccccc1)N[C@H]1CC[C@@H](CF)NC1=O. The van der Waals surface area contributed by atoms with Gasteiger partial charge in [-0.1, -0.05) is 30.3 Å². The molecule has 102 valence electrons. The van der Waals surface area contributed by atoms with E-state index >= 15 is 0 Å². The van der Waals surface area contributed by atoms with Crippen LogP contribution in [0.4, 0.5) is 4.39 Å². The summed E-state index contributed by atoms with van der Waals surface area (Å²) in [5.74, 6) is -0.486. The molecule has 0 aromatic heterocycles. The number of hydrogen-bond donors (Lipinski definition) is 2. The van der Waals surface area contributed by atoms with Crippen LogP contribution in [-0.2, 0) is 16.0 Å². The number of hydrogen-bond acceptors (Lipinski definition) is 2. The minimum absolute atomic E-state index is 0.190. The topological polar surface area (TPSA) is 58.2 Å². The molecule has 1 saturated heterocycles. The average molecular weight is 264 g/mol. The van der Waals surface area contributed by atoms with Crippen molar-refractivity contribution in [1.29, 1.82) is 0 Å². The van der Waals surface area contributed by atoms with Crippen molar-refractivity contribution in [2.24, 2.45) is 0 Å². The Morgan fingerprint density at radius 1 is 1.32 bits per heavy atom. The van der Waals surface area contributed by atoms with Gasteiger partial charge in [-0.25, -0.2) is 4.39 Å². The van der Waals surface area contributed by atoms with Crippen LogP contribution < -0.4 is 10.6 Å². The molecule has 1 heterocycles. The number of carbonyl (C=O) groups is 2. The fourth-order valence-electron chi connectivity index (χ4n) is 2.15. The Labute approximate surface area is 111 Å². The van der Waals surface area contributed by atoms with Crippen LogP contribution in [0.15, 0.2) is 30.3 Å². The van der Waals surface area contributed by atoms with Gasteiger partial charge in [0.15, 0.2) is 0 Å². The van der Waals surface area contributed by atoms with Gasteiger partial charge < -0.3 is 10.6 Å². The van der Waals surface area contributed by atoms with Gasteiger partial charge in [0.2, 0.25) is 11.8 Å². The lowest BCUT2D eigenvalue weighted by Gasteiger charge is -2.28. The van der Waals surface area contributed by atoms with Crippen LogP contribution in [0.5, 0.6) is 0 Å². The summed E-state index contributed by atoms with van der Waals surface area (Å²) in [7, 11) is 0. The molecule has 2 amide bonds. The molecule has 0 radical (unpaired) electrons. The fourth-order valence-corrected chi connectivity index (χ4v) is 2.15. The van der Waals surface area contributed by atoms with Crippen molar-refractivity contribution in [3.05, 3.63) is 35.9 Å². The molecule has 1 aliphatic rings. The fraction of sp³-hybridized carbons (Fsp3) is 0.429. The van der Waals surface area contributed by atoms with Crippen molar-refractivity contribution in [3.8, 4) is 0 Å². The van der Waals surface area contributed by atoms with E-state index in [1.165, 1.54) is 0 Å². The molecular weight excluding hydrogens is 247 g/mol. The zero-order valence-electron chi connectivity index (χ0n) is 10.6. The first-order valence-corrected chi connectivity index (χ1v) is 6.38. The molecule has 0 spiro atoms. The van der Waals surface area contributed by atoms with Crippen LogP contribution in [0.1, 0.15) is 18.4 Å². The molecule has 2 rings (SSSR count). The zero-order valence-corrected chi connectivity index (χ0v) is 10.6. The summed E-state index contributed by atoms with van der Waals surface area (Å²) in [6.07, 6.45) is 1.29. The van der Waals surface area contributed by atoms with E-state index in [2.05, 4.69) is 10.6 Å². The van der Waals surface area contributed by atoms with Gasteiger partial charge in [-0.05, 0) is 18.4 Å². The maximum Gasteiger partial charge on any atom is 0.242 e. The normalized spacial score (nSPS) is 22.7. The number of carbonyl (C=O) groups excluding carboxylic acids is 2. The number of nitrogens with one attached hydrogen (secondary N) is 2. The Bertz CT molecular complexity index is 450. The van der Waals surface area contributed by atoms with Crippen molar-refractivity contribution in [3.63, 3.8) is 0 Å². The Morgan fingerprint density at radius 2 is 2.05 bits per heavy atom. The van der Waals surface area contributed by atoms with Gasteiger partial charge in [-0.15, -0.1) is 0 Å². The number of alkyl halides is 1. The largest absolute Gasteiger partial charge is 0.349 e. The third-order valence-corrected chi connectivity index (χ3v) is 3.20. The lowest BCUT2D eigenvalue weighted by Crippen LogP contribution is -2.54. The first kappa shape index (κ1) is 13.5. The number of piperidine rings is 1. The second-order valence-corrected chi connectivity index (χ2v) is 4.72. The second kappa shape index (κ2) is 6.31. The molecule has 4 nitrogen and oxygen atoms in total. The molecule has 1 aromatic rings. The third kappa shape index (κ3) is 3.77. The molecule has 1 aliphatic heterocycles. The molecule has 0 unspecified atom stereocenters. The number of benzene rings is 1. The smallest absolute Gasteiger partial charge is 0.242 e. The summed E-state index contributed by atoms with van der Waals surface area (Å²) in [5.41, 5.74) is 0.901. The summed E-state index contributed by atoms with van der Waals surface area (Å²) in [6, 6.07) is 8.38. The molecule has 0 aliphatic carbocycles. The highest BCUT2D eigenvalue weighted by atomic mass is 19.1. The van der Waals surface area contributed by atoms with E-state index in [4.69, 9.17) is 0 Å². The number of halogens is 1. The van der Waals surface area contributed by atoms with Crippen molar-refractivity contribution in [2.75, 3.05) is 6.67 Å². The van der Waals surface area contributed by atoms with Gasteiger partial charge in [-0.3, -0.25) is 9.59 Å². The van der Waals surface area contributed by atoms with Gasteiger partial charge in [0.05, 0.1) is 12.5 Å². The summed E-state index contributed by atoms with van der Waals surface area (Å²) in [4.78, 5) is 23.5. The molecule has 2 N–H and O–H groups in total. The minimum Gasteiger partial charge on any atom is -0.349 e. The van der Waals surface area contributed by atoms with Crippen LogP contribution in [-0.4, -0.2) is 30.6 Å². The van der Waals surface area contributed by atoms with Crippen LogP contribution in [0.3, 0.4) is 0 Å². The summed E-state index contributed by atoms with van der Waals surface area (Å²) >= 11 is 0. The van der Waals surface area contributed by atoms with Crippen molar-refractivity contribution in [2.45, 2.75) is 31.3 Å². The van der Waals surface area contributed by atoms with Crippen LogP contribution in [0.25, 0.3) is 0 Å². The van der Waals surface area contributed by atoms with Gasteiger partial charge in [0.25, 0.3) is 0 Å². The molecule has 1 fully saturated rings. The van der Waals surface area contributed by atoms with Crippen LogP contribution >= 0.6 is 0 Å². The first-order chi connectivity index (χ1) is 9.19. The summed E-state index contributed by atoms with van der Waals surface area (Å²) < 4.78 is 12.4. The maximum absolute atomic E-state index is 12.4. The van der Waals surface area contributed by atoms with Gasteiger partial charge in [0.1, 0.15) is 12.7 Å². The molecule has 2 atom stereocenters. The van der Waals surface area contributed by atoms with E-state index in [1.807, 2.05) is 30.3 Å². The number of rotatable bonds is 4. The van der Waals surface area contributed by atoms with Crippen molar-refractivity contribution < 1.29 is 14.0 Å². The van der Waals surface area contributed by atoms with Gasteiger partial charge >= 0.3 is 0 Å². The average Bonchev–Trinajstić information content (AvgIpc) is 2.42. The molecule has 19 heavy (non-hydrogen) atoms. The van der Waals surface area contributed by atoms with E-state index in [1.54, 1.807) is 0 Å². The Hall–Kier alpha value is -1.91. The quantitative estimate of drug-likeness (QED) is 0.851. The molecular formula is C14H17FN2O2. The van der Waals surface area contributed by atoms with E-state index in [-0.39, 0.29) is 18.2 Å². The highest BCUT2D eigenvalue weighted by molar-refractivity contribution is 5.89. The lowest BCUT2D eigenvalue weighted by molar-refractivity contribution is -0.130. The van der Waals surface area contributed by atoms with Crippen molar-refractivity contribution in [1.82, 2.24) is 10.6 Å². The zero-order chi connectivity index (χ0) is 13.7. The monoisotopic (exact) mass is 264 g/mol. The first-order valence-electron chi connectivity index (χ1n) is 6.38. The van der Waals surface area contributed by atoms with Gasteiger partial charge in [-0.2, -0.15) is 0 Å². The third-order valence-electron chi connectivity index (χ3n) is 3.20. The van der Waals surface area contributed by atoms with E-state index in [0.717, 1.165) is 5.56 Å². The standard InChI is InChI=1S/C14H17FN2O2/c15-9-11-6-7-12(14(19)16-11)17-13(18)8-10-4-2-1-3-5-10/h1-5,11-12H,6-9H2,(H,16,19)(H,17,18)/t11-,12-/m0/s1. The van der Waals surface area contributed by atoms with Gasteiger partial charge in [0, 0.05) is 0 Å². The Kier molecular flexibility index (Phi) is 4.49. The molecule has 0 bridgehead atoms. The minimum atomic E-state index is -0.559. The summed E-state index contributed by atoms with van der Waals surface area (Å²) in [6.45, 7) is -0.559. The predicted molar refractivity (Wildman–Crippen MR) is 69.2 cm³/mol. The molecule has 5 heteroatoms. The van der Waals surface area contributed by atoms with E-state index < -0.39 is 18.8 Å². The van der Waals surface area contributed by atoms with Crippen molar-refractivity contribution >= 4 is 11.8 Å². The molecule has 1 aromatic carbocycles.